The Balaban J connectivity index is 1.76. The summed E-state index contributed by atoms with van der Waals surface area (Å²) >= 11 is 1.58. The highest BCUT2D eigenvalue weighted by atomic mass is 32.2. The van der Waals surface area contributed by atoms with Gasteiger partial charge in [-0.15, -0.1) is 0 Å². The molecule has 0 bridgehead atoms. The predicted molar refractivity (Wildman–Crippen MR) is 104 cm³/mol. The van der Waals surface area contributed by atoms with E-state index in [9.17, 15) is 13.2 Å². The number of rotatable bonds is 5. The third-order valence-electron chi connectivity index (χ3n) is 4.09. The van der Waals surface area contributed by atoms with Crippen LogP contribution in [0, 0.1) is 0 Å². The second-order valence-electron chi connectivity index (χ2n) is 5.80. The Morgan fingerprint density at radius 1 is 1.36 bits per heavy atom. The number of thiophene rings is 1. The number of fused-ring (bicyclic) bond motifs is 1. The Hall–Kier alpha value is -2.12. The highest BCUT2D eigenvalue weighted by molar-refractivity contribution is 7.92. The van der Waals surface area contributed by atoms with Crippen molar-refractivity contribution < 1.29 is 13.2 Å². The van der Waals surface area contributed by atoms with E-state index in [0.717, 1.165) is 29.7 Å². The van der Waals surface area contributed by atoms with Crippen molar-refractivity contribution in [2.45, 2.75) is 19.8 Å². The van der Waals surface area contributed by atoms with Crippen LogP contribution in [0.4, 0.5) is 11.4 Å². The lowest BCUT2D eigenvalue weighted by atomic mass is 10.0. The van der Waals surface area contributed by atoms with E-state index in [1.165, 1.54) is 10.4 Å². The number of hydrogen-bond acceptors (Lipinski definition) is 4. The minimum Gasteiger partial charge on any atom is -0.323 e. The average molecular weight is 377 g/mol. The van der Waals surface area contributed by atoms with Gasteiger partial charge in [-0.25, -0.2) is 8.42 Å². The minimum atomic E-state index is -3.27. The van der Waals surface area contributed by atoms with Gasteiger partial charge in [0.2, 0.25) is 15.9 Å². The van der Waals surface area contributed by atoms with Crippen LogP contribution in [-0.4, -0.2) is 26.6 Å². The predicted octanol–water partition coefficient (Wildman–Crippen LogP) is 3.50. The smallest absolute Gasteiger partial charge is 0.248 e. The summed E-state index contributed by atoms with van der Waals surface area (Å²) in [7, 11) is -3.27. The first-order valence-corrected chi connectivity index (χ1v) is 10.7. The maximum Gasteiger partial charge on any atom is 0.248 e. The standard InChI is InChI=1S/C18H20N2O3S2/c1-2-25(22,23)20-10-3-4-15-12-16(6-7-17(15)20)19-18(21)8-5-14-9-11-24-13-14/h5-9,11-13H,2-4,10H2,1H3,(H,19,21)/b8-5+. The first kappa shape index (κ1) is 17.7. The largest absolute Gasteiger partial charge is 0.323 e. The molecule has 0 aliphatic carbocycles. The molecular weight excluding hydrogens is 356 g/mol. The van der Waals surface area contributed by atoms with E-state index in [1.807, 2.05) is 22.9 Å². The van der Waals surface area contributed by atoms with E-state index in [-0.39, 0.29) is 11.7 Å². The molecule has 1 aromatic heterocycles. The van der Waals surface area contributed by atoms with Crippen LogP contribution in [0.3, 0.4) is 0 Å². The summed E-state index contributed by atoms with van der Waals surface area (Å²) in [6, 6.07) is 7.33. The number of anilines is 2. The zero-order valence-electron chi connectivity index (χ0n) is 13.9. The van der Waals surface area contributed by atoms with Crippen LogP contribution >= 0.6 is 11.3 Å². The fourth-order valence-electron chi connectivity index (χ4n) is 2.81. The maximum atomic E-state index is 12.2. The van der Waals surface area contributed by atoms with E-state index < -0.39 is 10.0 Å². The number of carbonyl (C=O) groups excluding carboxylic acids is 1. The van der Waals surface area contributed by atoms with Crippen molar-refractivity contribution in [1.82, 2.24) is 0 Å². The first-order valence-electron chi connectivity index (χ1n) is 8.14. The molecular formula is C18H20N2O3S2. The van der Waals surface area contributed by atoms with E-state index >= 15 is 0 Å². The second-order valence-corrected chi connectivity index (χ2v) is 8.76. The van der Waals surface area contributed by atoms with Gasteiger partial charge in [-0.3, -0.25) is 9.10 Å². The molecule has 25 heavy (non-hydrogen) atoms. The van der Waals surface area contributed by atoms with Crippen molar-refractivity contribution in [3.05, 3.63) is 52.2 Å². The summed E-state index contributed by atoms with van der Waals surface area (Å²) in [4.78, 5) is 12.0. The van der Waals surface area contributed by atoms with Crippen molar-refractivity contribution >= 4 is 44.7 Å². The summed E-state index contributed by atoms with van der Waals surface area (Å²) in [5, 5.41) is 6.75. The molecule has 0 saturated carbocycles. The number of sulfonamides is 1. The van der Waals surface area contributed by atoms with Crippen molar-refractivity contribution in [3.63, 3.8) is 0 Å². The van der Waals surface area contributed by atoms with Gasteiger partial charge in [0.25, 0.3) is 0 Å². The van der Waals surface area contributed by atoms with Crippen LogP contribution in [0.2, 0.25) is 0 Å². The van der Waals surface area contributed by atoms with Crippen molar-refractivity contribution in [2.75, 3.05) is 21.9 Å². The third-order valence-corrected chi connectivity index (χ3v) is 6.58. The van der Waals surface area contributed by atoms with Gasteiger partial charge in [0.15, 0.2) is 0 Å². The minimum absolute atomic E-state index is 0.0817. The molecule has 0 fully saturated rings. The number of nitrogens with one attached hydrogen (secondary N) is 1. The molecule has 1 aliphatic heterocycles. The van der Waals surface area contributed by atoms with Crippen molar-refractivity contribution in [1.29, 1.82) is 0 Å². The summed E-state index contributed by atoms with van der Waals surface area (Å²) in [5.41, 5.74) is 3.34. The van der Waals surface area contributed by atoms with Crippen LogP contribution in [0.25, 0.3) is 6.08 Å². The van der Waals surface area contributed by atoms with Crippen LogP contribution in [-0.2, 0) is 21.2 Å². The molecule has 1 aromatic carbocycles. The molecule has 0 unspecified atom stereocenters. The molecule has 1 aliphatic rings. The van der Waals surface area contributed by atoms with Crippen LogP contribution in [0.5, 0.6) is 0 Å². The normalized spacial score (nSPS) is 14.5. The Labute approximate surface area is 152 Å². The molecule has 0 saturated heterocycles. The van der Waals surface area contributed by atoms with Gasteiger partial charge in [-0.05, 0) is 72.0 Å². The van der Waals surface area contributed by atoms with Crippen LogP contribution in [0.15, 0.2) is 41.1 Å². The molecule has 7 heteroatoms. The van der Waals surface area contributed by atoms with Gasteiger partial charge in [-0.2, -0.15) is 11.3 Å². The van der Waals surface area contributed by atoms with Crippen LogP contribution in [0.1, 0.15) is 24.5 Å². The van der Waals surface area contributed by atoms with Crippen LogP contribution < -0.4 is 9.62 Å². The number of aryl methyl sites for hydroxylation is 1. The lowest BCUT2D eigenvalue weighted by Crippen LogP contribution is -2.36. The van der Waals surface area contributed by atoms with Gasteiger partial charge in [0, 0.05) is 18.3 Å². The highest BCUT2D eigenvalue weighted by Gasteiger charge is 2.26. The quantitative estimate of drug-likeness (QED) is 0.812. The lowest BCUT2D eigenvalue weighted by Gasteiger charge is -2.30. The lowest BCUT2D eigenvalue weighted by molar-refractivity contribution is -0.111. The van der Waals surface area contributed by atoms with E-state index in [0.29, 0.717) is 12.2 Å². The first-order chi connectivity index (χ1) is 12.0. The van der Waals surface area contributed by atoms with E-state index in [2.05, 4.69) is 5.32 Å². The molecule has 2 aromatic rings. The fraction of sp³-hybridized carbons (Fsp3) is 0.278. The molecule has 0 radical (unpaired) electrons. The van der Waals surface area contributed by atoms with Crippen molar-refractivity contribution in [2.24, 2.45) is 0 Å². The van der Waals surface area contributed by atoms with E-state index in [1.54, 1.807) is 36.5 Å². The second kappa shape index (κ2) is 7.41. The Morgan fingerprint density at radius 3 is 2.92 bits per heavy atom. The number of hydrogen-bond donors (Lipinski definition) is 1. The molecule has 3 rings (SSSR count). The molecule has 0 spiro atoms. The summed E-state index contributed by atoms with van der Waals surface area (Å²) < 4.78 is 25.9. The van der Waals surface area contributed by atoms with Gasteiger partial charge in [0.05, 0.1) is 11.4 Å². The molecule has 5 nitrogen and oxygen atoms in total. The monoisotopic (exact) mass is 376 g/mol. The maximum absolute atomic E-state index is 12.2. The number of carbonyl (C=O) groups is 1. The summed E-state index contributed by atoms with van der Waals surface area (Å²) in [6.07, 6.45) is 4.84. The Morgan fingerprint density at radius 2 is 2.20 bits per heavy atom. The number of benzene rings is 1. The topological polar surface area (TPSA) is 66.5 Å². The van der Waals surface area contributed by atoms with Gasteiger partial charge in [-0.1, -0.05) is 0 Å². The van der Waals surface area contributed by atoms with E-state index in [4.69, 9.17) is 0 Å². The fourth-order valence-corrected chi connectivity index (χ4v) is 4.64. The summed E-state index contributed by atoms with van der Waals surface area (Å²) in [5.74, 6) is -0.127. The van der Waals surface area contributed by atoms with Gasteiger partial charge < -0.3 is 5.32 Å². The molecule has 1 amide bonds. The molecule has 2 heterocycles. The molecule has 132 valence electrons. The Bertz CT molecular complexity index is 887. The Kier molecular flexibility index (Phi) is 5.24. The highest BCUT2D eigenvalue weighted by Crippen LogP contribution is 2.31. The molecule has 0 atom stereocenters. The van der Waals surface area contributed by atoms with Crippen molar-refractivity contribution in [3.8, 4) is 0 Å². The number of amides is 1. The third kappa shape index (κ3) is 4.11. The average Bonchev–Trinajstić information content (AvgIpc) is 3.13. The molecule has 1 N–H and O–H groups in total. The van der Waals surface area contributed by atoms with Gasteiger partial charge in [0.1, 0.15) is 0 Å². The zero-order valence-corrected chi connectivity index (χ0v) is 15.6. The zero-order chi connectivity index (χ0) is 17.9. The SMILES string of the molecule is CCS(=O)(=O)N1CCCc2cc(NC(=O)/C=C/c3ccsc3)ccc21. The van der Waals surface area contributed by atoms with Gasteiger partial charge >= 0.3 is 0 Å². The summed E-state index contributed by atoms with van der Waals surface area (Å²) in [6.45, 7) is 2.16. The number of nitrogens with zero attached hydrogens (tertiary/aromatic N) is 1.